The smallest absolute Gasteiger partial charge is 0.259 e. The van der Waals surface area contributed by atoms with Gasteiger partial charge in [0, 0.05) is 50.1 Å². The summed E-state index contributed by atoms with van der Waals surface area (Å²) in [6, 6.07) is -0.890. The summed E-state index contributed by atoms with van der Waals surface area (Å²) in [5, 5.41) is 3.52. The van der Waals surface area contributed by atoms with Gasteiger partial charge in [0.15, 0.2) is 5.78 Å². The van der Waals surface area contributed by atoms with E-state index in [0.29, 0.717) is 56.9 Å². The quantitative estimate of drug-likeness (QED) is 0.347. The van der Waals surface area contributed by atoms with Crippen molar-refractivity contribution in [1.29, 1.82) is 0 Å². The molecule has 0 aromatic heterocycles. The van der Waals surface area contributed by atoms with Gasteiger partial charge in [-0.2, -0.15) is 0 Å². The molecule has 4 heterocycles. The van der Waals surface area contributed by atoms with E-state index in [0.717, 1.165) is 65.0 Å². The van der Waals surface area contributed by atoms with Gasteiger partial charge in [-0.05, 0) is 63.5 Å². The number of rotatable bonds is 6. The lowest BCUT2D eigenvalue weighted by atomic mass is 9.66. The number of alkyl halides is 1. The molecule has 1 amide bonds. The van der Waals surface area contributed by atoms with Gasteiger partial charge in [-0.1, -0.05) is 12.8 Å². The van der Waals surface area contributed by atoms with E-state index in [4.69, 9.17) is 14.2 Å². The highest BCUT2D eigenvalue weighted by Gasteiger charge is 2.62. The summed E-state index contributed by atoms with van der Waals surface area (Å²) in [6.45, 7) is 6.74. The topological polar surface area (TPSA) is 101 Å². The Bertz CT molecular complexity index is 1190. The summed E-state index contributed by atoms with van der Waals surface area (Å²) < 4.78 is 34.1. The number of nitrogens with zero attached hydrogens (tertiary/aromatic N) is 3. The van der Waals surface area contributed by atoms with Gasteiger partial charge >= 0.3 is 0 Å². The lowest BCUT2D eigenvalue weighted by molar-refractivity contribution is -0.206. The minimum absolute atomic E-state index is 0.00115. The molecule has 4 aliphatic heterocycles. The number of carbonyl (C=O) groups excluding carboxylic acids is 3. The highest BCUT2D eigenvalue weighted by molar-refractivity contribution is 6.20. The van der Waals surface area contributed by atoms with Crippen LogP contribution in [0.3, 0.4) is 0 Å². The SMILES string of the molecule is O=C1C2CCCCC2C2CC3C(CC12)OC1C(NCCCN2CCOCC2)C(F)CC2C(=O)C(C(=O)N4CCOCC4)=CN3C21. The van der Waals surface area contributed by atoms with Gasteiger partial charge in [-0.3, -0.25) is 19.3 Å². The lowest BCUT2D eigenvalue weighted by Crippen LogP contribution is -2.73. The van der Waals surface area contributed by atoms with Crippen molar-refractivity contribution >= 4 is 17.5 Å². The molecule has 8 aliphatic rings. The molecule has 0 aromatic carbocycles. The van der Waals surface area contributed by atoms with Crippen molar-refractivity contribution in [3.63, 3.8) is 0 Å². The van der Waals surface area contributed by atoms with Crippen LogP contribution in [-0.4, -0.2) is 134 Å². The average Bonchev–Trinajstić information content (AvgIpc) is 3.35. The molecule has 45 heavy (non-hydrogen) atoms. The third kappa shape index (κ3) is 5.38. The zero-order chi connectivity index (χ0) is 30.7. The summed E-state index contributed by atoms with van der Waals surface area (Å²) >= 11 is 0. The maximum atomic E-state index is 16.2. The standard InChI is InChI=1S/C34H49FN4O6/c35-26-16-24-30-33(29(26)36-6-3-7-37-8-12-43-13-9-37)45-28-18-23-22(20-4-1-2-5-21(20)31(23)40)17-27(28)39(30)19-25(32(24)41)34(42)38-10-14-44-15-11-38/h19-24,26-30,33,36H,1-18H2. The van der Waals surface area contributed by atoms with E-state index >= 15 is 4.39 Å². The highest BCUT2D eigenvalue weighted by atomic mass is 19.1. The second-order valence-electron chi connectivity index (χ2n) is 14.8. The van der Waals surface area contributed by atoms with Crippen molar-refractivity contribution in [2.24, 2.45) is 29.6 Å². The van der Waals surface area contributed by atoms with Gasteiger partial charge in [0.2, 0.25) is 0 Å². The van der Waals surface area contributed by atoms with Crippen molar-refractivity contribution in [3.8, 4) is 0 Å². The van der Waals surface area contributed by atoms with E-state index in [1.54, 1.807) is 4.90 Å². The Kier molecular flexibility index (Phi) is 8.51. The molecular formula is C34H49FN4O6. The van der Waals surface area contributed by atoms with Crippen LogP contribution >= 0.6 is 0 Å². The number of ether oxygens (including phenoxy) is 3. The van der Waals surface area contributed by atoms with Crippen molar-refractivity contribution in [1.82, 2.24) is 20.0 Å². The number of nitrogens with one attached hydrogen (secondary N) is 1. The zero-order valence-corrected chi connectivity index (χ0v) is 26.3. The third-order valence-corrected chi connectivity index (χ3v) is 12.6. The molecule has 0 aromatic rings. The first-order valence-corrected chi connectivity index (χ1v) is 17.8. The molecule has 248 valence electrons. The van der Waals surface area contributed by atoms with Gasteiger partial charge in [-0.25, -0.2) is 4.39 Å². The number of ketones is 2. The molecule has 0 bridgehead atoms. The Morgan fingerprint density at radius 3 is 2.47 bits per heavy atom. The first kappa shape index (κ1) is 30.4. The van der Waals surface area contributed by atoms with Crippen LogP contribution in [0.2, 0.25) is 0 Å². The molecule has 3 saturated heterocycles. The fraction of sp³-hybridized carbons (Fsp3) is 0.853. The normalized spacial score (nSPS) is 43.2. The maximum absolute atomic E-state index is 16.2. The van der Waals surface area contributed by atoms with Crippen LogP contribution in [0.1, 0.15) is 51.4 Å². The van der Waals surface area contributed by atoms with E-state index in [1.165, 1.54) is 6.42 Å². The monoisotopic (exact) mass is 628 g/mol. The molecule has 8 rings (SSSR count). The van der Waals surface area contributed by atoms with Crippen LogP contribution in [-0.2, 0) is 28.6 Å². The summed E-state index contributed by atoms with van der Waals surface area (Å²) in [5.74, 6) is 0.189. The molecule has 0 spiro atoms. The fourth-order valence-electron chi connectivity index (χ4n) is 10.5. The predicted molar refractivity (Wildman–Crippen MR) is 162 cm³/mol. The highest BCUT2D eigenvalue weighted by Crippen LogP contribution is 2.56. The summed E-state index contributed by atoms with van der Waals surface area (Å²) in [7, 11) is 0. The van der Waals surface area contributed by atoms with Crippen LogP contribution in [0.5, 0.6) is 0 Å². The van der Waals surface area contributed by atoms with E-state index in [9.17, 15) is 14.4 Å². The van der Waals surface area contributed by atoms with Gasteiger partial charge in [0.05, 0.1) is 62.3 Å². The first-order chi connectivity index (χ1) is 22.0. The number of fused-ring (bicyclic) bond motifs is 5. The third-order valence-electron chi connectivity index (χ3n) is 12.6. The Labute approximate surface area is 265 Å². The molecule has 1 N–H and O–H groups in total. The molecule has 0 radical (unpaired) electrons. The molecule has 4 saturated carbocycles. The largest absolute Gasteiger partial charge is 0.379 e. The number of amides is 1. The van der Waals surface area contributed by atoms with Crippen molar-refractivity contribution in [2.45, 2.75) is 87.9 Å². The number of carbonyl (C=O) groups is 3. The summed E-state index contributed by atoms with van der Waals surface area (Å²) in [6.07, 6.45) is 6.67. The van der Waals surface area contributed by atoms with Crippen LogP contribution in [0.15, 0.2) is 11.8 Å². The van der Waals surface area contributed by atoms with E-state index < -0.39 is 24.2 Å². The van der Waals surface area contributed by atoms with Crippen LogP contribution in [0.25, 0.3) is 0 Å². The average molecular weight is 629 g/mol. The molecule has 11 unspecified atom stereocenters. The van der Waals surface area contributed by atoms with Gasteiger partial charge in [-0.15, -0.1) is 0 Å². The van der Waals surface area contributed by atoms with E-state index in [-0.39, 0.29) is 53.7 Å². The maximum Gasteiger partial charge on any atom is 0.259 e. The van der Waals surface area contributed by atoms with Crippen molar-refractivity contribution in [2.75, 3.05) is 65.7 Å². The molecule has 11 atom stereocenters. The number of hydrogen-bond donors (Lipinski definition) is 1. The first-order valence-electron chi connectivity index (χ1n) is 17.8. The fourth-order valence-corrected chi connectivity index (χ4v) is 10.5. The Morgan fingerprint density at radius 2 is 1.67 bits per heavy atom. The summed E-state index contributed by atoms with van der Waals surface area (Å²) in [4.78, 5) is 47.9. The van der Waals surface area contributed by atoms with Crippen molar-refractivity contribution in [3.05, 3.63) is 11.8 Å². The van der Waals surface area contributed by atoms with Crippen LogP contribution in [0, 0.1) is 29.6 Å². The Hall–Kier alpha value is -1.92. The van der Waals surface area contributed by atoms with Gasteiger partial charge in [0.25, 0.3) is 5.91 Å². The molecule has 4 aliphatic carbocycles. The minimum atomic E-state index is -1.27. The van der Waals surface area contributed by atoms with E-state index in [2.05, 4.69) is 15.1 Å². The lowest BCUT2D eigenvalue weighted by Gasteiger charge is -2.60. The zero-order valence-electron chi connectivity index (χ0n) is 26.3. The number of Topliss-reactive ketones (excluding diaryl/α,β-unsaturated/α-hetero) is 2. The molecule has 7 fully saturated rings. The van der Waals surface area contributed by atoms with Crippen LogP contribution in [0.4, 0.5) is 4.39 Å². The second-order valence-corrected chi connectivity index (χ2v) is 14.8. The molecular weight excluding hydrogens is 579 g/mol. The minimum Gasteiger partial charge on any atom is -0.379 e. The Morgan fingerprint density at radius 1 is 0.911 bits per heavy atom. The number of hydrogen-bond acceptors (Lipinski definition) is 9. The van der Waals surface area contributed by atoms with Crippen molar-refractivity contribution < 1.29 is 33.0 Å². The van der Waals surface area contributed by atoms with E-state index in [1.807, 2.05) is 6.20 Å². The molecule has 10 nitrogen and oxygen atoms in total. The number of halogens is 1. The predicted octanol–water partition coefficient (Wildman–Crippen LogP) is 1.57. The van der Waals surface area contributed by atoms with Gasteiger partial charge < -0.3 is 29.3 Å². The number of morpholine rings is 3. The second kappa shape index (κ2) is 12.6. The molecule has 11 heteroatoms. The van der Waals surface area contributed by atoms with Gasteiger partial charge in [0.1, 0.15) is 12.0 Å². The van der Waals surface area contributed by atoms with Crippen LogP contribution < -0.4 is 5.32 Å². The Balaban J connectivity index is 1.07. The summed E-state index contributed by atoms with van der Waals surface area (Å²) in [5.41, 5.74) is 0.182.